The van der Waals surface area contributed by atoms with Crippen molar-refractivity contribution in [1.82, 2.24) is 9.97 Å². The van der Waals surface area contributed by atoms with Gasteiger partial charge in [0.15, 0.2) is 11.6 Å². The topological polar surface area (TPSA) is 58.5 Å². The zero-order chi connectivity index (χ0) is 21.0. The van der Waals surface area contributed by atoms with Gasteiger partial charge in [0.05, 0.1) is 0 Å². The molecule has 0 aliphatic carbocycles. The van der Waals surface area contributed by atoms with Gasteiger partial charge < -0.3 is 14.7 Å². The second-order valence-corrected chi connectivity index (χ2v) is 8.33. The lowest BCUT2D eigenvalue weighted by Gasteiger charge is -2.41. The number of rotatable bonds is 4. The third kappa shape index (κ3) is 4.72. The van der Waals surface area contributed by atoms with Crippen molar-refractivity contribution in [2.45, 2.75) is 64.6 Å². The highest BCUT2D eigenvalue weighted by Crippen LogP contribution is 2.40. The molecule has 2 aliphatic rings. The Morgan fingerprint density at radius 1 is 1.24 bits per heavy atom. The number of fused-ring (bicyclic) bond motifs is 1. The fourth-order valence-corrected chi connectivity index (χ4v) is 4.40. The third-order valence-electron chi connectivity index (χ3n) is 5.49. The van der Waals surface area contributed by atoms with Gasteiger partial charge in [0.2, 0.25) is 5.95 Å². The maximum Gasteiger partial charge on any atom is 0.225 e. The van der Waals surface area contributed by atoms with Gasteiger partial charge in [0.1, 0.15) is 11.7 Å². The molecule has 1 N–H and O–H groups in total. The van der Waals surface area contributed by atoms with Gasteiger partial charge >= 0.3 is 0 Å². The summed E-state index contributed by atoms with van der Waals surface area (Å²) in [6.45, 7) is 7.42. The largest absolute Gasteiger partial charge is 0.484 e. The maximum atomic E-state index is 14.1. The van der Waals surface area contributed by atoms with E-state index in [2.05, 4.69) is 37.7 Å². The lowest BCUT2D eigenvalue weighted by atomic mass is 9.84. The predicted octanol–water partition coefficient (Wildman–Crippen LogP) is 4.69. The number of hydrogen-bond donors (Lipinski definition) is 1. The zero-order valence-corrected chi connectivity index (χ0v) is 18.9. The smallest absolute Gasteiger partial charge is 0.225 e. The van der Waals surface area contributed by atoms with Gasteiger partial charge in [-0.05, 0) is 37.0 Å². The Kier molecular flexibility index (Phi) is 7.11. The van der Waals surface area contributed by atoms with Gasteiger partial charge in [-0.3, -0.25) is 0 Å². The first kappa shape index (κ1) is 22.0. The number of aryl methyl sites for hydroxylation is 1. The van der Waals surface area contributed by atoms with Crippen molar-refractivity contribution in [3.05, 3.63) is 45.9 Å². The number of hydrogen-bond acceptors (Lipinski definition) is 5. The maximum absolute atomic E-state index is 14.1. The molecule has 1 unspecified atom stereocenters. The number of aromatic nitrogens is 2. The Balaban J connectivity index is 0.00000117. The van der Waals surface area contributed by atoms with Crippen LogP contribution in [-0.2, 0) is 12.8 Å². The fraction of sp³-hybridized carbons (Fsp3) is 0.545. The molecule has 3 heterocycles. The molecule has 4 rings (SSSR count). The summed E-state index contributed by atoms with van der Waals surface area (Å²) in [7, 11) is 0. The van der Waals surface area contributed by atoms with Gasteiger partial charge in [-0.1, -0.05) is 43.1 Å². The molecule has 1 fully saturated rings. The van der Waals surface area contributed by atoms with Gasteiger partial charge in [0, 0.05) is 41.9 Å². The second-order valence-electron chi connectivity index (χ2n) is 7.42. The molecule has 29 heavy (non-hydrogen) atoms. The number of anilines is 1. The molecule has 7 heteroatoms. The molecule has 0 bridgehead atoms. The molecule has 158 valence electrons. The molecular weight excluding hydrogens is 437 g/mol. The van der Waals surface area contributed by atoms with E-state index in [1.165, 1.54) is 6.07 Å². The van der Waals surface area contributed by atoms with Crippen LogP contribution in [0.4, 0.5) is 10.3 Å². The minimum atomic E-state index is -0.976. The van der Waals surface area contributed by atoms with E-state index in [-0.39, 0.29) is 11.6 Å². The van der Waals surface area contributed by atoms with Crippen LogP contribution in [0.25, 0.3) is 0 Å². The molecule has 2 aliphatic heterocycles. The van der Waals surface area contributed by atoms with Crippen molar-refractivity contribution in [2.24, 2.45) is 0 Å². The number of halogens is 2. The van der Waals surface area contributed by atoms with Crippen LogP contribution in [0.5, 0.6) is 5.75 Å². The lowest BCUT2D eigenvalue weighted by Crippen LogP contribution is -2.53. The first-order valence-electron chi connectivity index (χ1n) is 10.4. The summed E-state index contributed by atoms with van der Waals surface area (Å²) >= 11 is 3.31. The van der Waals surface area contributed by atoms with Gasteiger partial charge in [-0.2, -0.15) is 0 Å². The van der Waals surface area contributed by atoms with Crippen LogP contribution in [-0.4, -0.2) is 39.9 Å². The first-order valence-corrected chi connectivity index (χ1v) is 11.2. The summed E-state index contributed by atoms with van der Waals surface area (Å²) in [6.07, 6.45) is 6.97. The molecule has 1 atom stereocenters. The van der Waals surface area contributed by atoms with E-state index < -0.39 is 11.7 Å². The Bertz CT molecular complexity index is 824. The zero-order valence-electron chi connectivity index (χ0n) is 17.3. The summed E-state index contributed by atoms with van der Waals surface area (Å²) < 4.78 is 20.6. The van der Waals surface area contributed by atoms with Crippen molar-refractivity contribution in [3.63, 3.8) is 0 Å². The number of piperidine rings is 1. The molecule has 1 saturated heterocycles. The molecule has 1 aromatic carbocycles. The van der Waals surface area contributed by atoms with Gasteiger partial charge in [-0.15, -0.1) is 0 Å². The van der Waals surface area contributed by atoms with Crippen LogP contribution in [0.1, 0.15) is 51.2 Å². The standard InChI is InChI=1S/C20H23BrFN3O2.C2H6/c1-2-3-13-11-23-19(24-12-13)25-6-4-20(26,5-7-25)17-9-14-8-15(21)10-16(22)18(14)27-17;1-2/h8,10-12,17,26H,2-7,9H2,1H3;1-2H3. The average molecular weight is 466 g/mol. The van der Waals surface area contributed by atoms with E-state index in [1.807, 2.05) is 32.3 Å². The Morgan fingerprint density at radius 2 is 1.90 bits per heavy atom. The van der Waals surface area contributed by atoms with Crippen LogP contribution in [0.15, 0.2) is 29.0 Å². The van der Waals surface area contributed by atoms with E-state index in [9.17, 15) is 9.50 Å². The lowest BCUT2D eigenvalue weighted by molar-refractivity contribution is -0.0696. The Morgan fingerprint density at radius 3 is 2.52 bits per heavy atom. The SMILES string of the molecule is CC.CCCc1cnc(N2CCC(O)(C3Cc4cc(Br)cc(F)c4O3)CC2)nc1. The second kappa shape index (κ2) is 9.39. The minimum absolute atomic E-state index is 0.272. The van der Waals surface area contributed by atoms with E-state index in [0.29, 0.717) is 42.8 Å². The van der Waals surface area contributed by atoms with Crippen molar-refractivity contribution in [1.29, 1.82) is 0 Å². The Labute approximate surface area is 180 Å². The van der Waals surface area contributed by atoms with Crippen LogP contribution >= 0.6 is 15.9 Å². The quantitative estimate of drug-likeness (QED) is 0.709. The summed E-state index contributed by atoms with van der Waals surface area (Å²) in [5.74, 6) is 0.583. The number of aliphatic hydroxyl groups is 1. The third-order valence-corrected chi connectivity index (χ3v) is 5.95. The van der Waals surface area contributed by atoms with E-state index >= 15 is 0 Å². The molecule has 2 aromatic rings. The molecule has 0 radical (unpaired) electrons. The van der Waals surface area contributed by atoms with Gasteiger partial charge in [-0.25, -0.2) is 14.4 Å². The summed E-state index contributed by atoms with van der Waals surface area (Å²) in [5.41, 5.74) is 0.967. The monoisotopic (exact) mass is 465 g/mol. The van der Waals surface area contributed by atoms with Crippen LogP contribution in [0, 0.1) is 5.82 Å². The highest BCUT2D eigenvalue weighted by atomic mass is 79.9. The van der Waals surface area contributed by atoms with E-state index in [1.54, 1.807) is 0 Å². The summed E-state index contributed by atoms with van der Waals surface area (Å²) in [6, 6.07) is 3.26. The van der Waals surface area contributed by atoms with Crippen molar-refractivity contribution in [3.8, 4) is 5.75 Å². The summed E-state index contributed by atoms with van der Waals surface area (Å²) in [5, 5.41) is 11.2. The van der Waals surface area contributed by atoms with Crippen LogP contribution in [0.3, 0.4) is 0 Å². The fourth-order valence-electron chi connectivity index (χ4n) is 3.93. The minimum Gasteiger partial charge on any atom is -0.484 e. The van der Waals surface area contributed by atoms with Crippen molar-refractivity contribution < 1.29 is 14.2 Å². The number of nitrogens with zero attached hydrogens (tertiary/aromatic N) is 3. The van der Waals surface area contributed by atoms with Crippen LogP contribution < -0.4 is 9.64 Å². The molecule has 5 nitrogen and oxygen atoms in total. The first-order chi connectivity index (χ1) is 14.0. The highest BCUT2D eigenvalue weighted by Gasteiger charge is 2.45. The van der Waals surface area contributed by atoms with Crippen molar-refractivity contribution in [2.75, 3.05) is 18.0 Å². The van der Waals surface area contributed by atoms with Crippen molar-refractivity contribution >= 4 is 21.9 Å². The number of benzene rings is 1. The average Bonchev–Trinajstić information content (AvgIpc) is 3.16. The molecule has 0 amide bonds. The molecule has 0 spiro atoms. The predicted molar refractivity (Wildman–Crippen MR) is 116 cm³/mol. The van der Waals surface area contributed by atoms with Crippen LogP contribution in [0.2, 0.25) is 0 Å². The molecular formula is C22H29BrFN3O2. The Hall–Kier alpha value is -1.73. The number of ether oxygens (including phenoxy) is 1. The van der Waals surface area contributed by atoms with E-state index in [0.717, 1.165) is 24.0 Å². The molecule has 1 aromatic heterocycles. The van der Waals surface area contributed by atoms with E-state index in [4.69, 9.17) is 4.74 Å². The normalized spacial score (nSPS) is 19.8. The molecule has 0 saturated carbocycles. The van der Waals surface area contributed by atoms with Gasteiger partial charge in [0.25, 0.3) is 0 Å². The highest BCUT2D eigenvalue weighted by molar-refractivity contribution is 9.10. The summed E-state index contributed by atoms with van der Waals surface area (Å²) in [4.78, 5) is 11.0.